The zero-order chi connectivity index (χ0) is 22.0. The number of aryl methyl sites for hydroxylation is 1. The molecule has 2 aromatic carbocycles. The zero-order valence-corrected chi connectivity index (χ0v) is 17.4. The third kappa shape index (κ3) is 4.23. The molecule has 1 atom stereocenters. The molecule has 1 saturated heterocycles. The monoisotopic (exact) mass is 420 g/mol. The van der Waals surface area contributed by atoms with Crippen molar-refractivity contribution in [3.05, 3.63) is 60.3 Å². The van der Waals surface area contributed by atoms with Gasteiger partial charge in [0, 0.05) is 31.0 Å². The van der Waals surface area contributed by atoms with Crippen molar-refractivity contribution in [2.24, 2.45) is 7.05 Å². The summed E-state index contributed by atoms with van der Waals surface area (Å²) in [6.45, 7) is 0.216. The van der Waals surface area contributed by atoms with E-state index in [1.807, 2.05) is 66.3 Å². The van der Waals surface area contributed by atoms with Crippen LogP contribution in [0.5, 0.6) is 5.75 Å². The highest BCUT2D eigenvalue weighted by atomic mass is 16.5. The predicted molar refractivity (Wildman–Crippen MR) is 117 cm³/mol. The number of urea groups is 1. The topological polar surface area (TPSA) is 92.7 Å². The minimum Gasteiger partial charge on any atom is -0.496 e. The Hall–Kier alpha value is -3.81. The summed E-state index contributed by atoms with van der Waals surface area (Å²) in [6.07, 6.45) is 2.29. The summed E-state index contributed by atoms with van der Waals surface area (Å²) in [4.78, 5) is 38.6. The lowest BCUT2D eigenvalue weighted by Crippen LogP contribution is -2.35. The van der Waals surface area contributed by atoms with E-state index in [1.165, 1.54) is 0 Å². The standard InChI is InChI=1S/C23H24N4O4/c1-26-11-9-15-7-8-17(13-19(15)26)24-21(28)14-18-22(29)27(23(30)25-18)12-10-16-5-3-4-6-20(16)31-2/h3-9,11,13,18H,10,12,14H2,1-2H3,(H,24,28)(H,25,30)/t18-/m1/s1. The van der Waals surface area contributed by atoms with Crippen LogP contribution in [0.2, 0.25) is 0 Å². The van der Waals surface area contributed by atoms with Crippen molar-refractivity contribution in [3.63, 3.8) is 0 Å². The van der Waals surface area contributed by atoms with Gasteiger partial charge in [-0.05, 0) is 41.6 Å². The van der Waals surface area contributed by atoms with Crippen molar-refractivity contribution in [2.45, 2.75) is 18.9 Å². The van der Waals surface area contributed by atoms with Crippen molar-refractivity contribution in [2.75, 3.05) is 19.0 Å². The molecule has 0 bridgehead atoms. The highest BCUT2D eigenvalue weighted by Crippen LogP contribution is 2.21. The van der Waals surface area contributed by atoms with Crippen LogP contribution in [0.3, 0.4) is 0 Å². The van der Waals surface area contributed by atoms with Crippen molar-refractivity contribution >= 4 is 34.4 Å². The number of nitrogens with one attached hydrogen (secondary N) is 2. The first-order chi connectivity index (χ1) is 15.0. The SMILES string of the molecule is COc1ccccc1CCN1C(=O)N[C@H](CC(=O)Nc2ccc3ccn(C)c3c2)C1=O. The quantitative estimate of drug-likeness (QED) is 0.575. The third-order valence-electron chi connectivity index (χ3n) is 5.47. The van der Waals surface area contributed by atoms with Crippen molar-refractivity contribution in [1.29, 1.82) is 0 Å². The Kier molecular flexibility index (Phi) is 5.62. The number of carbonyl (C=O) groups is 3. The van der Waals surface area contributed by atoms with Gasteiger partial charge in [-0.3, -0.25) is 14.5 Å². The van der Waals surface area contributed by atoms with Crippen LogP contribution in [-0.2, 0) is 23.1 Å². The van der Waals surface area contributed by atoms with Crippen LogP contribution in [0.1, 0.15) is 12.0 Å². The lowest BCUT2D eigenvalue weighted by Gasteiger charge is -2.14. The molecule has 1 aromatic heterocycles. The summed E-state index contributed by atoms with van der Waals surface area (Å²) >= 11 is 0. The first kappa shape index (κ1) is 20.5. The van der Waals surface area contributed by atoms with Crippen molar-refractivity contribution in [3.8, 4) is 5.75 Å². The largest absolute Gasteiger partial charge is 0.496 e. The van der Waals surface area contributed by atoms with Crippen LogP contribution in [0, 0.1) is 0 Å². The van der Waals surface area contributed by atoms with Gasteiger partial charge in [-0.15, -0.1) is 0 Å². The average Bonchev–Trinajstić information content (AvgIpc) is 3.25. The fraction of sp³-hybridized carbons (Fsp3) is 0.261. The number of imide groups is 1. The number of hydrogen-bond donors (Lipinski definition) is 2. The molecule has 1 aliphatic rings. The van der Waals surface area contributed by atoms with Gasteiger partial charge in [0.1, 0.15) is 11.8 Å². The Bertz CT molecular complexity index is 1150. The molecule has 1 aliphatic heterocycles. The van der Waals surface area contributed by atoms with E-state index in [-0.39, 0.29) is 18.9 Å². The van der Waals surface area contributed by atoms with E-state index < -0.39 is 18.0 Å². The van der Waals surface area contributed by atoms with E-state index >= 15 is 0 Å². The van der Waals surface area contributed by atoms with Crippen LogP contribution in [0.15, 0.2) is 54.7 Å². The normalized spacial score (nSPS) is 15.9. The first-order valence-corrected chi connectivity index (χ1v) is 10.0. The van der Waals surface area contributed by atoms with Gasteiger partial charge in [-0.25, -0.2) is 4.79 Å². The molecule has 2 N–H and O–H groups in total. The second-order valence-corrected chi connectivity index (χ2v) is 7.51. The number of aromatic nitrogens is 1. The first-order valence-electron chi connectivity index (χ1n) is 10.0. The van der Waals surface area contributed by atoms with Gasteiger partial charge in [0.2, 0.25) is 5.91 Å². The highest BCUT2D eigenvalue weighted by molar-refractivity contribution is 6.07. The van der Waals surface area contributed by atoms with Gasteiger partial charge in [0.05, 0.1) is 13.5 Å². The maximum Gasteiger partial charge on any atom is 0.324 e. The molecule has 0 spiro atoms. The molecule has 0 unspecified atom stereocenters. The van der Waals surface area contributed by atoms with Crippen LogP contribution in [-0.4, -0.2) is 47.0 Å². The molecule has 4 amide bonds. The highest BCUT2D eigenvalue weighted by Gasteiger charge is 2.38. The Morgan fingerprint density at radius 3 is 2.77 bits per heavy atom. The zero-order valence-electron chi connectivity index (χ0n) is 17.4. The molecule has 160 valence electrons. The van der Waals surface area contributed by atoms with E-state index in [9.17, 15) is 14.4 Å². The number of fused-ring (bicyclic) bond motifs is 1. The second-order valence-electron chi connectivity index (χ2n) is 7.51. The van der Waals surface area contributed by atoms with E-state index in [0.717, 1.165) is 21.4 Å². The molecule has 3 aromatic rings. The number of anilines is 1. The summed E-state index contributed by atoms with van der Waals surface area (Å²) in [5, 5.41) is 6.49. The minimum atomic E-state index is -0.871. The van der Waals surface area contributed by atoms with Gasteiger partial charge in [0.15, 0.2) is 0 Å². The molecule has 8 heteroatoms. The maximum absolute atomic E-state index is 12.7. The molecule has 2 heterocycles. The van der Waals surface area contributed by atoms with Gasteiger partial charge in [-0.1, -0.05) is 24.3 Å². The smallest absolute Gasteiger partial charge is 0.324 e. The Balaban J connectivity index is 1.36. The summed E-state index contributed by atoms with van der Waals surface area (Å²) in [5.41, 5.74) is 2.54. The maximum atomic E-state index is 12.7. The fourth-order valence-corrected chi connectivity index (χ4v) is 3.81. The van der Waals surface area contributed by atoms with Gasteiger partial charge >= 0.3 is 6.03 Å². The van der Waals surface area contributed by atoms with Crippen LogP contribution in [0.4, 0.5) is 10.5 Å². The Labute approximate surface area is 179 Å². The number of nitrogens with zero attached hydrogens (tertiary/aromatic N) is 2. The van der Waals surface area contributed by atoms with Crippen LogP contribution >= 0.6 is 0 Å². The molecule has 31 heavy (non-hydrogen) atoms. The number of methoxy groups -OCH3 is 1. The van der Waals surface area contributed by atoms with Crippen LogP contribution in [0.25, 0.3) is 10.9 Å². The van der Waals surface area contributed by atoms with Crippen molar-refractivity contribution in [1.82, 2.24) is 14.8 Å². The van der Waals surface area contributed by atoms with E-state index in [1.54, 1.807) is 7.11 Å². The lowest BCUT2D eigenvalue weighted by molar-refractivity contribution is -0.129. The number of carbonyl (C=O) groups excluding carboxylic acids is 3. The van der Waals surface area contributed by atoms with E-state index in [4.69, 9.17) is 4.74 Å². The number of rotatable bonds is 7. The molecule has 0 saturated carbocycles. The minimum absolute atomic E-state index is 0.124. The van der Waals surface area contributed by atoms with Crippen molar-refractivity contribution < 1.29 is 19.1 Å². The lowest BCUT2D eigenvalue weighted by atomic mass is 10.1. The van der Waals surface area contributed by atoms with E-state index in [0.29, 0.717) is 17.9 Å². The number of ether oxygens (including phenoxy) is 1. The third-order valence-corrected chi connectivity index (χ3v) is 5.47. The molecule has 4 rings (SSSR count). The molecule has 0 radical (unpaired) electrons. The molecule has 0 aliphatic carbocycles. The number of benzene rings is 2. The molecular formula is C23H24N4O4. The summed E-state index contributed by atoms with van der Waals surface area (Å²) in [6, 6.07) is 13.7. The molecule has 8 nitrogen and oxygen atoms in total. The Morgan fingerprint density at radius 1 is 1.16 bits per heavy atom. The van der Waals surface area contributed by atoms with E-state index in [2.05, 4.69) is 10.6 Å². The fourth-order valence-electron chi connectivity index (χ4n) is 3.81. The Morgan fingerprint density at radius 2 is 1.97 bits per heavy atom. The summed E-state index contributed by atoms with van der Waals surface area (Å²) in [5.74, 6) is -0.0209. The van der Waals surface area contributed by atoms with Gasteiger partial charge in [0.25, 0.3) is 5.91 Å². The molecule has 1 fully saturated rings. The second kappa shape index (κ2) is 8.51. The average molecular weight is 420 g/mol. The predicted octanol–water partition coefficient (Wildman–Crippen LogP) is 2.68. The van der Waals surface area contributed by atoms with Gasteiger partial charge < -0.3 is 19.9 Å². The summed E-state index contributed by atoms with van der Waals surface area (Å²) in [7, 11) is 3.51. The number of hydrogen-bond acceptors (Lipinski definition) is 4. The van der Waals surface area contributed by atoms with Gasteiger partial charge in [-0.2, -0.15) is 0 Å². The number of para-hydroxylation sites is 1. The van der Waals surface area contributed by atoms with Crippen LogP contribution < -0.4 is 15.4 Å². The number of amides is 4. The molecular weight excluding hydrogens is 396 g/mol. The summed E-state index contributed by atoms with van der Waals surface area (Å²) < 4.78 is 7.28.